The Morgan fingerprint density at radius 3 is 2.43 bits per heavy atom. The predicted molar refractivity (Wildman–Crippen MR) is 84.3 cm³/mol. The van der Waals surface area contributed by atoms with Gasteiger partial charge in [-0.3, -0.25) is 9.69 Å². The highest BCUT2D eigenvalue weighted by atomic mass is 16.2. The van der Waals surface area contributed by atoms with Gasteiger partial charge in [0.2, 0.25) is 5.91 Å². The Morgan fingerprint density at radius 2 is 1.87 bits per heavy atom. The Bertz CT molecular complexity index is 548. The molecule has 0 aromatic carbocycles. The third-order valence-corrected chi connectivity index (χ3v) is 5.28. The second-order valence-electron chi connectivity index (χ2n) is 6.83. The zero-order chi connectivity index (χ0) is 16.6. The number of urea groups is 1. The first-order valence-corrected chi connectivity index (χ1v) is 8.41. The number of likely N-dealkylation sites (N-methyl/N-ethyl adjacent to an activating group) is 1. The highest BCUT2D eigenvalue weighted by Crippen LogP contribution is 2.27. The Kier molecular flexibility index (Phi) is 4.48. The number of amides is 4. The molecule has 3 rings (SSSR count). The first kappa shape index (κ1) is 16.1. The fraction of sp³-hybridized carbons (Fsp3) is 0.750. The van der Waals surface area contributed by atoms with E-state index in [4.69, 9.17) is 0 Å². The van der Waals surface area contributed by atoms with Gasteiger partial charge in [0, 0.05) is 25.0 Å². The minimum Gasteiger partial charge on any atom is -0.353 e. The van der Waals surface area contributed by atoms with Crippen molar-refractivity contribution in [3.63, 3.8) is 0 Å². The molecule has 2 fully saturated rings. The summed E-state index contributed by atoms with van der Waals surface area (Å²) in [4.78, 5) is 39.4. The molecule has 1 saturated carbocycles. The largest absolute Gasteiger partial charge is 0.500 e. The van der Waals surface area contributed by atoms with E-state index in [0.717, 1.165) is 45.2 Å². The Balaban J connectivity index is 1.55. The third-order valence-electron chi connectivity index (χ3n) is 5.28. The van der Waals surface area contributed by atoms with Crippen LogP contribution in [0.2, 0.25) is 0 Å². The molecular formula is C16H25N4O3+. The normalized spacial score (nSPS) is 27.7. The number of imide groups is 1. The fourth-order valence-electron chi connectivity index (χ4n) is 3.43. The summed E-state index contributed by atoms with van der Waals surface area (Å²) >= 11 is 0. The lowest BCUT2D eigenvalue weighted by Crippen LogP contribution is -2.59. The highest BCUT2D eigenvalue weighted by Gasteiger charge is 2.42. The molecule has 1 aliphatic carbocycles. The minimum absolute atomic E-state index is 0.176. The van der Waals surface area contributed by atoms with Crippen molar-refractivity contribution in [2.24, 2.45) is 5.92 Å². The van der Waals surface area contributed by atoms with Crippen LogP contribution in [0.3, 0.4) is 0 Å². The van der Waals surface area contributed by atoms with E-state index >= 15 is 0 Å². The molecule has 0 aromatic heterocycles. The summed E-state index contributed by atoms with van der Waals surface area (Å²) in [6.07, 6.45) is 6.58. The Morgan fingerprint density at radius 1 is 1.22 bits per heavy atom. The number of carbonyl (C=O) groups is 3. The minimum atomic E-state index is -0.383. The topological polar surface area (TPSA) is 72.7 Å². The number of likely N-dealkylation sites (tertiary alicyclic amines) is 1. The molecule has 0 bridgehead atoms. The molecule has 2 heterocycles. The van der Waals surface area contributed by atoms with Gasteiger partial charge in [0.05, 0.1) is 14.1 Å². The summed E-state index contributed by atoms with van der Waals surface area (Å²) in [7, 11) is 3.19. The molecule has 1 saturated heterocycles. The van der Waals surface area contributed by atoms with Crippen molar-refractivity contribution < 1.29 is 19.0 Å². The van der Waals surface area contributed by atoms with Gasteiger partial charge in [0.25, 0.3) is 0 Å². The van der Waals surface area contributed by atoms with E-state index in [1.807, 2.05) is 0 Å². The van der Waals surface area contributed by atoms with Crippen molar-refractivity contribution in [1.82, 2.24) is 15.1 Å². The SMILES string of the molecule is CN1C(=O)C(N2CCC(NC(=O)C3CCC3)CC2)C=[N+](C)C1=O. The van der Waals surface area contributed by atoms with Crippen molar-refractivity contribution in [3.8, 4) is 0 Å². The monoisotopic (exact) mass is 321 g/mol. The first-order valence-electron chi connectivity index (χ1n) is 8.41. The lowest BCUT2D eigenvalue weighted by atomic mass is 9.84. The first-order chi connectivity index (χ1) is 11.0. The van der Waals surface area contributed by atoms with E-state index in [9.17, 15) is 14.4 Å². The molecule has 0 radical (unpaired) electrons. The van der Waals surface area contributed by atoms with Crippen LogP contribution in [0.4, 0.5) is 4.79 Å². The molecule has 0 aromatic rings. The molecule has 1 N–H and O–H groups in total. The average Bonchev–Trinajstić information content (AvgIpc) is 2.48. The highest BCUT2D eigenvalue weighted by molar-refractivity contribution is 6.06. The summed E-state index contributed by atoms with van der Waals surface area (Å²) in [5.74, 6) is 0.236. The summed E-state index contributed by atoms with van der Waals surface area (Å²) in [5.41, 5.74) is 0. The summed E-state index contributed by atoms with van der Waals surface area (Å²) in [6.45, 7) is 1.50. The Labute approximate surface area is 136 Å². The summed E-state index contributed by atoms with van der Waals surface area (Å²) < 4.78 is 1.47. The van der Waals surface area contributed by atoms with E-state index in [0.29, 0.717) is 0 Å². The molecule has 126 valence electrons. The van der Waals surface area contributed by atoms with Crippen molar-refractivity contribution >= 4 is 24.1 Å². The van der Waals surface area contributed by atoms with Crippen molar-refractivity contribution in [1.29, 1.82) is 0 Å². The lowest BCUT2D eigenvalue weighted by molar-refractivity contribution is -0.401. The smallest absolute Gasteiger partial charge is 0.353 e. The molecule has 2 aliphatic heterocycles. The van der Waals surface area contributed by atoms with Crippen LogP contribution >= 0.6 is 0 Å². The van der Waals surface area contributed by atoms with Crippen molar-refractivity contribution in [2.45, 2.75) is 44.2 Å². The second-order valence-corrected chi connectivity index (χ2v) is 6.83. The van der Waals surface area contributed by atoms with Crippen LogP contribution in [0.15, 0.2) is 0 Å². The van der Waals surface area contributed by atoms with Gasteiger partial charge in [-0.05, 0) is 25.7 Å². The summed E-state index contributed by atoms with van der Waals surface area (Å²) in [6, 6.07) is -0.477. The van der Waals surface area contributed by atoms with Crippen molar-refractivity contribution in [3.05, 3.63) is 0 Å². The number of nitrogens with zero attached hydrogens (tertiary/aromatic N) is 3. The third kappa shape index (κ3) is 3.15. The number of piperidine rings is 1. The number of hydrogen-bond donors (Lipinski definition) is 1. The van der Waals surface area contributed by atoms with E-state index < -0.39 is 0 Å². The van der Waals surface area contributed by atoms with Gasteiger partial charge in [0.15, 0.2) is 6.04 Å². The lowest BCUT2D eigenvalue weighted by Gasteiger charge is -2.37. The van der Waals surface area contributed by atoms with E-state index in [1.165, 1.54) is 16.5 Å². The average molecular weight is 321 g/mol. The van der Waals surface area contributed by atoms with Crippen LogP contribution in [-0.2, 0) is 9.59 Å². The van der Waals surface area contributed by atoms with Crippen LogP contribution < -0.4 is 5.32 Å². The van der Waals surface area contributed by atoms with E-state index in [-0.39, 0.29) is 35.8 Å². The van der Waals surface area contributed by atoms with E-state index in [1.54, 1.807) is 13.3 Å². The van der Waals surface area contributed by atoms with Gasteiger partial charge in [0.1, 0.15) is 6.21 Å². The zero-order valence-corrected chi connectivity index (χ0v) is 13.8. The molecule has 7 nitrogen and oxygen atoms in total. The van der Waals surface area contributed by atoms with Crippen LogP contribution in [0.5, 0.6) is 0 Å². The predicted octanol–water partition coefficient (Wildman–Crippen LogP) is 0.0408. The maximum Gasteiger partial charge on any atom is 0.500 e. The summed E-state index contributed by atoms with van der Waals surface area (Å²) in [5, 5.41) is 3.14. The zero-order valence-electron chi connectivity index (χ0n) is 13.8. The van der Waals surface area contributed by atoms with Crippen molar-refractivity contribution in [2.75, 3.05) is 27.2 Å². The number of carbonyl (C=O) groups excluding carboxylic acids is 3. The maximum absolute atomic E-state index is 12.3. The molecule has 1 atom stereocenters. The standard InChI is InChI=1S/C16H24N4O3/c1-18-10-13(15(22)19(2)16(18)23)20-8-6-12(7-9-20)17-14(21)11-4-3-5-11/h10-13H,3-9H2,1-2H3/p+1. The molecule has 4 amide bonds. The van der Waals surface area contributed by atoms with Gasteiger partial charge in [-0.15, -0.1) is 0 Å². The quantitative estimate of drug-likeness (QED) is 0.745. The second kappa shape index (κ2) is 6.39. The molecule has 7 heteroatoms. The van der Waals surface area contributed by atoms with Crippen LogP contribution in [-0.4, -0.2) is 77.7 Å². The fourth-order valence-corrected chi connectivity index (χ4v) is 3.43. The number of nitrogens with one attached hydrogen (secondary N) is 1. The van der Waals surface area contributed by atoms with Crippen LogP contribution in [0, 0.1) is 5.92 Å². The maximum atomic E-state index is 12.3. The van der Waals surface area contributed by atoms with Gasteiger partial charge in [-0.25, -0.2) is 9.37 Å². The van der Waals surface area contributed by atoms with E-state index in [2.05, 4.69) is 10.2 Å². The Hall–Kier alpha value is -1.76. The molecule has 3 aliphatic rings. The van der Waals surface area contributed by atoms with Crippen LogP contribution in [0.25, 0.3) is 0 Å². The van der Waals surface area contributed by atoms with Gasteiger partial charge >= 0.3 is 11.9 Å². The number of rotatable bonds is 3. The molecule has 23 heavy (non-hydrogen) atoms. The number of hydrogen-bond acceptors (Lipinski definition) is 4. The van der Waals surface area contributed by atoms with Crippen LogP contribution in [0.1, 0.15) is 32.1 Å². The molecule has 1 unspecified atom stereocenters. The molecule has 0 spiro atoms. The molecular weight excluding hydrogens is 296 g/mol. The van der Waals surface area contributed by atoms with Gasteiger partial charge < -0.3 is 5.32 Å². The van der Waals surface area contributed by atoms with Gasteiger partial charge in [-0.1, -0.05) is 6.42 Å². The van der Waals surface area contributed by atoms with Gasteiger partial charge in [-0.2, -0.15) is 9.69 Å².